The van der Waals surface area contributed by atoms with E-state index in [-0.39, 0.29) is 18.1 Å². The molecular formula is C12H16O4. The number of phenols is 1. The third kappa shape index (κ3) is 3.46. The standard InChI is InChI=1S/C12H16O4/c1-8(6-12(14)15)5-9-3-4-10(13)11(7-9)16-2/h3-4,7-8,13H,5-6H2,1-2H3,(H,14,15). The highest BCUT2D eigenvalue weighted by Gasteiger charge is 2.10. The minimum absolute atomic E-state index is 0.0618. The fourth-order valence-corrected chi connectivity index (χ4v) is 1.62. The van der Waals surface area contributed by atoms with Gasteiger partial charge in [0.25, 0.3) is 0 Å². The lowest BCUT2D eigenvalue weighted by Gasteiger charge is -2.10. The normalized spacial score (nSPS) is 12.1. The molecule has 0 aliphatic heterocycles. The molecule has 1 aromatic rings. The molecule has 0 fully saturated rings. The van der Waals surface area contributed by atoms with Crippen LogP contribution in [0.25, 0.3) is 0 Å². The summed E-state index contributed by atoms with van der Waals surface area (Å²) in [4.78, 5) is 10.5. The van der Waals surface area contributed by atoms with E-state index < -0.39 is 5.97 Å². The molecule has 4 heteroatoms. The van der Waals surface area contributed by atoms with Crippen LogP contribution >= 0.6 is 0 Å². The Labute approximate surface area is 94.5 Å². The highest BCUT2D eigenvalue weighted by Crippen LogP contribution is 2.27. The molecule has 0 radical (unpaired) electrons. The topological polar surface area (TPSA) is 66.8 Å². The third-order valence-electron chi connectivity index (χ3n) is 2.35. The minimum Gasteiger partial charge on any atom is -0.504 e. The maximum Gasteiger partial charge on any atom is 0.303 e. The number of hydrogen-bond acceptors (Lipinski definition) is 3. The quantitative estimate of drug-likeness (QED) is 0.803. The van der Waals surface area contributed by atoms with Crippen molar-refractivity contribution >= 4 is 5.97 Å². The number of carboxylic acids is 1. The Balaban J connectivity index is 2.70. The van der Waals surface area contributed by atoms with Gasteiger partial charge in [-0.1, -0.05) is 13.0 Å². The highest BCUT2D eigenvalue weighted by atomic mass is 16.5. The molecule has 0 amide bonds. The predicted molar refractivity (Wildman–Crippen MR) is 59.8 cm³/mol. The summed E-state index contributed by atoms with van der Waals surface area (Å²) in [6.07, 6.45) is 0.798. The summed E-state index contributed by atoms with van der Waals surface area (Å²) in [6, 6.07) is 5.06. The van der Waals surface area contributed by atoms with Gasteiger partial charge in [-0.05, 0) is 30.0 Å². The number of carboxylic acid groups (broad SMARTS) is 1. The summed E-state index contributed by atoms with van der Waals surface area (Å²) >= 11 is 0. The Hall–Kier alpha value is -1.71. The second kappa shape index (κ2) is 5.39. The van der Waals surface area contributed by atoms with Gasteiger partial charge in [0.05, 0.1) is 7.11 Å². The van der Waals surface area contributed by atoms with Crippen LogP contribution in [0.4, 0.5) is 0 Å². The Kier molecular flexibility index (Phi) is 4.17. The van der Waals surface area contributed by atoms with E-state index in [9.17, 15) is 9.90 Å². The number of rotatable bonds is 5. The van der Waals surface area contributed by atoms with Crippen LogP contribution in [0.3, 0.4) is 0 Å². The zero-order valence-corrected chi connectivity index (χ0v) is 9.43. The zero-order chi connectivity index (χ0) is 12.1. The molecule has 1 rings (SSSR count). The molecule has 0 aliphatic rings. The number of hydrogen-bond donors (Lipinski definition) is 2. The maximum atomic E-state index is 10.5. The van der Waals surface area contributed by atoms with Crippen LogP contribution in [-0.2, 0) is 11.2 Å². The fraction of sp³-hybridized carbons (Fsp3) is 0.417. The van der Waals surface area contributed by atoms with Crippen molar-refractivity contribution in [3.05, 3.63) is 23.8 Å². The Morgan fingerprint density at radius 3 is 2.75 bits per heavy atom. The molecule has 4 nitrogen and oxygen atoms in total. The minimum atomic E-state index is -0.793. The lowest BCUT2D eigenvalue weighted by atomic mass is 9.98. The van der Waals surface area contributed by atoms with E-state index in [4.69, 9.17) is 9.84 Å². The van der Waals surface area contributed by atoms with Crippen LogP contribution in [0.15, 0.2) is 18.2 Å². The molecular weight excluding hydrogens is 208 g/mol. The van der Waals surface area contributed by atoms with Gasteiger partial charge < -0.3 is 14.9 Å². The number of aromatic hydroxyl groups is 1. The largest absolute Gasteiger partial charge is 0.504 e. The van der Waals surface area contributed by atoms with Crippen molar-refractivity contribution < 1.29 is 19.7 Å². The molecule has 0 saturated carbocycles. The van der Waals surface area contributed by atoms with E-state index in [0.29, 0.717) is 12.2 Å². The summed E-state index contributed by atoms with van der Waals surface area (Å²) in [5.74, 6) is -0.220. The third-order valence-corrected chi connectivity index (χ3v) is 2.35. The van der Waals surface area contributed by atoms with Crippen LogP contribution in [0.5, 0.6) is 11.5 Å². The number of aliphatic carboxylic acids is 1. The van der Waals surface area contributed by atoms with E-state index in [1.807, 2.05) is 6.92 Å². The number of carbonyl (C=O) groups is 1. The second-order valence-electron chi connectivity index (χ2n) is 3.91. The molecule has 0 aromatic heterocycles. The summed E-state index contributed by atoms with van der Waals surface area (Å²) < 4.78 is 4.98. The lowest BCUT2D eigenvalue weighted by molar-refractivity contribution is -0.137. The molecule has 16 heavy (non-hydrogen) atoms. The van der Waals surface area contributed by atoms with Crippen LogP contribution in [0.1, 0.15) is 18.9 Å². The molecule has 0 heterocycles. The van der Waals surface area contributed by atoms with E-state index in [0.717, 1.165) is 5.56 Å². The predicted octanol–water partition coefficient (Wildman–Crippen LogP) is 2.05. The summed E-state index contributed by atoms with van der Waals surface area (Å²) in [5.41, 5.74) is 0.961. The van der Waals surface area contributed by atoms with Crippen molar-refractivity contribution in [2.75, 3.05) is 7.11 Å². The van der Waals surface area contributed by atoms with Gasteiger partial charge in [-0.2, -0.15) is 0 Å². The van der Waals surface area contributed by atoms with Crippen molar-refractivity contribution in [2.45, 2.75) is 19.8 Å². The van der Waals surface area contributed by atoms with Gasteiger partial charge in [-0.15, -0.1) is 0 Å². The summed E-state index contributed by atoms with van der Waals surface area (Å²) in [6.45, 7) is 1.88. The van der Waals surface area contributed by atoms with Gasteiger partial charge in [-0.3, -0.25) is 4.79 Å². The van der Waals surface area contributed by atoms with Gasteiger partial charge in [0.2, 0.25) is 0 Å². The molecule has 0 bridgehead atoms. The molecule has 1 unspecified atom stereocenters. The Morgan fingerprint density at radius 1 is 1.50 bits per heavy atom. The molecule has 88 valence electrons. The van der Waals surface area contributed by atoms with Gasteiger partial charge in [0, 0.05) is 6.42 Å². The smallest absolute Gasteiger partial charge is 0.303 e. The molecule has 0 aliphatic carbocycles. The first kappa shape index (κ1) is 12.4. The van der Waals surface area contributed by atoms with Crippen molar-refractivity contribution in [1.82, 2.24) is 0 Å². The summed E-state index contributed by atoms with van der Waals surface area (Å²) in [5, 5.41) is 18.0. The zero-order valence-electron chi connectivity index (χ0n) is 9.43. The first-order valence-corrected chi connectivity index (χ1v) is 5.10. The lowest BCUT2D eigenvalue weighted by Crippen LogP contribution is -2.07. The second-order valence-corrected chi connectivity index (χ2v) is 3.91. The molecule has 1 atom stereocenters. The van der Waals surface area contributed by atoms with Crippen molar-refractivity contribution in [1.29, 1.82) is 0 Å². The van der Waals surface area contributed by atoms with Crippen LogP contribution in [0.2, 0.25) is 0 Å². The molecule has 0 saturated heterocycles. The van der Waals surface area contributed by atoms with Crippen LogP contribution in [-0.4, -0.2) is 23.3 Å². The number of benzene rings is 1. The van der Waals surface area contributed by atoms with Gasteiger partial charge in [0.15, 0.2) is 11.5 Å². The van der Waals surface area contributed by atoms with Gasteiger partial charge in [0.1, 0.15) is 0 Å². The first-order chi connectivity index (χ1) is 7.52. The monoisotopic (exact) mass is 224 g/mol. The van der Waals surface area contributed by atoms with E-state index in [1.165, 1.54) is 7.11 Å². The van der Waals surface area contributed by atoms with E-state index in [2.05, 4.69) is 0 Å². The maximum absolute atomic E-state index is 10.5. The van der Waals surface area contributed by atoms with E-state index in [1.54, 1.807) is 18.2 Å². The fourth-order valence-electron chi connectivity index (χ4n) is 1.62. The van der Waals surface area contributed by atoms with Crippen LogP contribution < -0.4 is 4.74 Å². The van der Waals surface area contributed by atoms with Crippen molar-refractivity contribution in [3.63, 3.8) is 0 Å². The Morgan fingerprint density at radius 2 is 2.19 bits per heavy atom. The summed E-state index contributed by atoms with van der Waals surface area (Å²) in [7, 11) is 1.49. The number of ether oxygens (including phenoxy) is 1. The number of methoxy groups -OCH3 is 1. The van der Waals surface area contributed by atoms with E-state index >= 15 is 0 Å². The van der Waals surface area contributed by atoms with Crippen molar-refractivity contribution in [3.8, 4) is 11.5 Å². The number of phenolic OH excluding ortho intramolecular Hbond substituents is 1. The molecule has 0 spiro atoms. The molecule has 1 aromatic carbocycles. The van der Waals surface area contributed by atoms with Crippen molar-refractivity contribution in [2.24, 2.45) is 5.92 Å². The van der Waals surface area contributed by atoms with Crippen LogP contribution in [0, 0.1) is 5.92 Å². The highest BCUT2D eigenvalue weighted by molar-refractivity contribution is 5.67. The molecule has 2 N–H and O–H groups in total. The average Bonchev–Trinajstić information content (AvgIpc) is 2.19. The SMILES string of the molecule is COc1cc(CC(C)CC(=O)O)ccc1O. The van der Waals surface area contributed by atoms with Gasteiger partial charge >= 0.3 is 5.97 Å². The average molecular weight is 224 g/mol. The van der Waals surface area contributed by atoms with Gasteiger partial charge in [-0.25, -0.2) is 0 Å². The Bertz CT molecular complexity index is 373. The first-order valence-electron chi connectivity index (χ1n) is 5.10.